The number of H-pyrrole nitrogens is 1. The van der Waals surface area contributed by atoms with Crippen LogP contribution in [0.5, 0.6) is 0 Å². The molecule has 3 aromatic rings. The monoisotopic (exact) mass is 556 g/mol. The van der Waals surface area contributed by atoms with Crippen LogP contribution in [-0.4, -0.2) is 53.5 Å². The summed E-state index contributed by atoms with van der Waals surface area (Å²) in [5.74, 6) is -4.30. The summed E-state index contributed by atoms with van der Waals surface area (Å²) in [5, 5.41) is 0. The van der Waals surface area contributed by atoms with E-state index < -0.39 is 29.3 Å². The van der Waals surface area contributed by atoms with Crippen molar-refractivity contribution in [2.24, 2.45) is 0 Å². The molecule has 0 unspecified atom stereocenters. The Balaban J connectivity index is 0.000000318. The molecular formula is C28H36N4O8. The first-order valence-corrected chi connectivity index (χ1v) is 12.5. The molecular weight excluding hydrogens is 520 g/mol. The second kappa shape index (κ2) is 15.6. The SMILES string of the molecule is CCOC(=O)C(=O)C(=O)OCC.CCOC(=O)c1nc2cc(C)c(C)cc2[nH]c1=O.Cc1cc(N)c(N)cc1C. The molecule has 0 saturated heterocycles. The summed E-state index contributed by atoms with van der Waals surface area (Å²) in [4.78, 5) is 61.9. The second-order valence-corrected chi connectivity index (χ2v) is 8.42. The van der Waals surface area contributed by atoms with Crippen molar-refractivity contribution in [2.75, 3.05) is 31.3 Å². The van der Waals surface area contributed by atoms with Crippen LogP contribution in [0, 0.1) is 27.7 Å². The fourth-order valence-corrected chi connectivity index (χ4v) is 3.02. The molecule has 2 aromatic carbocycles. The Morgan fingerprint density at radius 1 is 0.725 bits per heavy atom. The average Bonchev–Trinajstić information content (AvgIpc) is 2.89. The molecule has 0 radical (unpaired) electrons. The maximum atomic E-state index is 11.7. The van der Waals surface area contributed by atoms with Crippen molar-refractivity contribution in [3.63, 3.8) is 0 Å². The van der Waals surface area contributed by atoms with Crippen molar-refractivity contribution in [1.82, 2.24) is 9.97 Å². The predicted octanol–water partition coefficient (Wildman–Crippen LogP) is 2.87. The number of ether oxygens (including phenoxy) is 3. The highest BCUT2D eigenvalue weighted by molar-refractivity contribution is 6.60. The Morgan fingerprint density at radius 3 is 1.60 bits per heavy atom. The number of fused-ring (bicyclic) bond motifs is 1. The summed E-state index contributed by atoms with van der Waals surface area (Å²) in [6.45, 7) is 13.0. The van der Waals surface area contributed by atoms with E-state index in [9.17, 15) is 24.0 Å². The summed E-state index contributed by atoms with van der Waals surface area (Å²) in [5.41, 5.74) is 17.4. The van der Waals surface area contributed by atoms with Gasteiger partial charge in [-0.3, -0.25) is 9.59 Å². The van der Waals surface area contributed by atoms with E-state index in [-0.39, 0.29) is 25.5 Å². The Labute approximate surface area is 232 Å². The van der Waals surface area contributed by atoms with Gasteiger partial charge >= 0.3 is 23.7 Å². The van der Waals surface area contributed by atoms with E-state index in [1.165, 1.54) is 25.0 Å². The number of Topliss-reactive ketones (excluding diaryl/α,β-unsaturated/α-hetero) is 1. The van der Waals surface area contributed by atoms with Crippen molar-refractivity contribution < 1.29 is 33.4 Å². The molecule has 12 heteroatoms. The lowest BCUT2D eigenvalue weighted by Crippen LogP contribution is -2.27. The third-order valence-corrected chi connectivity index (χ3v) is 5.40. The van der Waals surface area contributed by atoms with Crippen molar-refractivity contribution in [1.29, 1.82) is 0 Å². The zero-order valence-corrected chi connectivity index (χ0v) is 23.8. The molecule has 40 heavy (non-hydrogen) atoms. The van der Waals surface area contributed by atoms with Gasteiger partial charge in [-0.05, 0) is 95.0 Å². The number of nitrogens with two attached hydrogens (primary N) is 2. The number of aromatic nitrogens is 2. The minimum Gasteiger partial charge on any atom is -0.461 e. The molecule has 1 heterocycles. The van der Waals surface area contributed by atoms with Crippen LogP contribution in [0.15, 0.2) is 29.1 Å². The number of nitrogens with zero attached hydrogens (tertiary/aromatic N) is 1. The minimum atomic E-state index is -1.27. The number of hydrogen-bond acceptors (Lipinski definition) is 11. The lowest BCUT2D eigenvalue weighted by Gasteiger charge is -2.05. The van der Waals surface area contributed by atoms with Crippen molar-refractivity contribution in [3.05, 3.63) is 62.6 Å². The van der Waals surface area contributed by atoms with Crippen molar-refractivity contribution in [3.8, 4) is 0 Å². The summed E-state index contributed by atoms with van der Waals surface area (Å²) in [7, 11) is 0. The highest BCUT2D eigenvalue weighted by Crippen LogP contribution is 2.19. The van der Waals surface area contributed by atoms with E-state index in [1.54, 1.807) is 6.92 Å². The van der Waals surface area contributed by atoms with Gasteiger partial charge in [-0.1, -0.05) is 0 Å². The van der Waals surface area contributed by atoms with Gasteiger partial charge in [0.05, 0.1) is 42.2 Å². The molecule has 0 aliphatic rings. The van der Waals surface area contributed by atoms with Crippen molar-refractivity contribution in [2.45, 2.75) is 48.5 Å². The topological polar surface area (TPSA) is 194 Å². The van der Waals surface area contributed by atoms with E-state index in [2.05, 4.69) is 19.4 Å². The largest absolute Gasteiger partial charge is 0.461 e. The molecule has 3 rings (SSSR count). The van der Waals surface area contributed by atoms with Gasteiger partial charge in [0.1, 0.15) is 0 Å². The van der Waals surface area contributed by atoms with E-state index in [0.717, 1.165) is 11.1 Å². The molecule has 0 aliphatic heterocycles. The third-order valence-electron chi connectivity index (χ3n) is 5.40. The molecule has 0 spiro atoms. The first-order chi connectivity index (χ1) is 18.8. The number of anilines is 2. The molecule has 0 fully saturated rings. The molecule has 0 bridgehead atoms. The number of esters is 3. The highest BCUT2D eigenvalue weighted by Gasteiger charge is 2.25. The average molecular weight is 557 g/mol. The lowest BCUT2D eigenvalue weighted by atomic mass is 10.1. The smallest absolute Gasteiger partial charge is 0.386 e. The van der Waals surface area contributed by atoms with Gasteiger partial charge in [-0.25, -0.2) is 19.4 Å². The van der Waals surface area contributed by atoms with Crippen LogP contribution in [-0.2, 0) is 28.6 Å². The zero-order valence-electron chi connectivity index (χ0n) is 23.8. The molecule has 216 valence electrons. The second-order valence-electron chi connectivity index (χ2n) is 8.42. The number of nitrogens with one attached hydrogen (secondary N) is 1. The molecule has 1 aromatic heterocycles. The van der Waals surface area contributed by atoms with E-state index in [1.807, 2.05) is 52.0 Å². The van der Waals surface area contributed by atoms with Gasteiger partial charge in [0, 0.05) is 0 Å². The Bertz CT molecular complexity index is 1380. The normalized spacial score (nSPS) is 9.88. The number of aryl methyl sites for hydroxylation is 4. The summed E-state index contributed by atoms with van der Waals surface area (Å²) < 4.78 is 13.4. The van der Waals surface area contributed by atoms with E-state index in [4.69, 9.17) is 16.2 Å². The first kappa shape index (κ1) is 33.3. The van der Waals surface area contributed by atoms with Crippen LogP contribution in [0.25, 0.3) is 11.0 Å². The zero-order chi connectivity index (χ0) is 30.6. The van der Waals surface area contributed by atoms with E-state index >= 15 is 0 Å². The van der Waals surface area contributed by atoms with E-state index in [0.29, 0.717) is 22.4 Å². The Kier molecular flexibility index (Phi) is 13.0. The van der Waals surface area contributed by atoms with Crippen LogP contribution in [0.3, 0.4) is 0 Å². The number of carbonyl (C=O) groups excluding carboxylic acids is 4. The van der Waals surface area contributed by atoms with Crippen LogP contribution in [0.2, 0.25) is 0 Å². The standard InChI is InChI=1S/C13H14N2O3.C8H12N2.C7H10O5/c1-4-18-13(17)11-12(16)15-10-6-8(3)7(2)5-9(10)14-11;1-5-3-7(9)8(10)4-6(5)2;1-3-11-6(9)5(8)7(10)12-4-2/h5-6H,4H2,1-3H3,(H,15,16);3-4H,9-10H2,1-2H3;3-4H2,1-2H3. The summed E-state index contributed by atoms with van der Waals surface area (Å²) >= 11 is 0. The molecule has 0 atom stereocenters. The third kappa shape index (κ3) is 9.53. The van der Waals surface area contributed by atoms with Crippen LogP contribution >= 0.6 is 0 Å². The van der Waals surface area contributed by atoms with Gasteiger partial charge in [-0.15, -0.1) is 0 Å². The molecule has 0 saturated carbocycles. The fourth-order valence-electron chi connectivity index (χ4n) is 3.02. The highest BCUT2D eigenvalue weighted by atomic mass is 16.6. The number of carbonyl (C=O) groups is 4. The van der Waals surface area contributed by atoms with Gasteiger partial charge in [0.15, 0.2) is 0 Å². The predicted molar refractivity (Wildman–Crippen MR) is 151 cm³/mol. The van der Waals surface area contributed by atoms with Crippen LogP contribution in [0.1, 0.15) is 53.5 Å². The maximum absolute atomic E-state index is 11.7. The number of aromatic amines is 1. The van der Waals surface area contributed by atoms with Gasteiger partial charge in [-0.2, -0.15) is 0 Å². The molecule has 0 aliphatic carbocycles. The number of hydrogen-bond donors (Lipinski definition) is 3. The Morgan fingerprint density at radius 2 is 1.15 bits per heavy atom. The van der Waals surface area contributed by atoms with Crippen LogP contribution in [0.4, 0.5) is 11.4 Å². The quantitative estimate of drug-likeness (QED) is 0.133. The number of rotatable bonds is 6. The number of ketones is 1. The van der Waals surface area contributed by atoms with Gasteiger partial charge in [0.2, 0.25) is 5.69 Å². The number of nitrogen functional groups attached to an aromatic ring is 2. The first-order valence-electron chi connectivity index (χ1n) is 12.5. The van der Waals surface area contributed by atoms with Crippen molar-refractivity contribution >= 4 is 46.1 Å². The lowest BCUT2D eigenvalue weighted by molar-refractivity contribution is -0.164. The Hall–Kier alpha value is -4.74. The van der Waals surface area contributed by atoms with Gasteiger partial charge in [0.25, 0.3) is 5.56 Å². The number of benzene rings is 2. The summed E-state index contributed by atoms with van der Waals surface area (Å²) in [6, 6.07) is 7.46. The summed E-state index contributed by atoms with van der Waals surface area (Å²) in [6.07, 6.45) is 0. The molecule has 12 nitrogen and oxygen atoms in total. The minimum absolute atomic E-state index is 0.0595. The van der Waals surface area contributed by atoms with Crippen LogP contribution < -0.4 is 17.0 Å². The fraction of sp³-hybridized carbons (Fsp3) is 0.357. The molecule has 0 amide bonds. The maximum Gasteiger partial charge on any atom is 0.386 e. The molecule has 5 N–H and O–H groups in total. The van der Waals surface area contributed by atoms with Gasteiger partial charge < -0.3 is 30.7 Å².